The maximum atomic E-state index is 11.9. The van der Waals surface area contributed by atoms with Crippen LogP contribution in [-0.4, -0.2) is 46.9 Å². The van der Waals surface area contributed by atoms with Crippen molar-refractivity contribution in [3.8, 4) is 5.75 Å². The van der Waals surface area contributed by atoms with Crippen molar-refractivity contribution in [1.29, 1.82) is 0 Å². The van der Waals surface area contributed by atoms with E-state index in [1.165, 1.54) is 0 Å². The first-order valence-electron chi connectivity index (χ1n) is 7.13. The molecule has 1 fully saturated rings. The standard InChI is InChI=1S/C15H20N4O4/c1-15(2,3)23-14(21)19-9-10(7-13(19)20)17-18-12-6-5-11(22-4)8-16-12/h5-6,8H,7,9H2,1-4H3,(H,16,18)/b17-10+. The number of nitrogens with zero attached hydrogens (tertiary/aromatic N) is 3. The van der Waals surface area contributed by atoms with Gasteiger partial charge in [0, 0.05) is 0 Å². The zero-order valence-corrected chi connectivity index (χ0v) is 13.6. The maximum absolute atomic E-state index is 11.9. The third-order valence-electron chi connectivity index (χ3n) is 2.91. The second-order valence-electron chi connectivity index (χ2n) is 6.01. The lowest BCUT2D eigenvalue weighted by molar-refractivity contribution is -0.126. The minimum absolute atomic E-state index is 0.0718. The van der Waals surface area contributed by atoms with Crippen molar-refractivity contribution in [2.75, 3.05) is 19.1 Å². The molecule has 2 amide bonds. The molecule has 23 heavy (non-hydrogen) atoms. The van der Waals surface area contributed by atoms with Crippen LogP contribution in [0.5, 0.6) is 5.75 Å². The molecule has 0 unspecified atom stereocenters. The average molecular weight is 320 g/mol. The van der Waals surface area contributed by atoms with Crippen LogP contribution in [0, 0.1) is 0 Å². The molecule has 0 radical (unpaired) electrons. The normalized spacial score (nSPS) is 16.6. The molecular weight excluding hydrogens is 300 g/mol. The fourth-order valence-electron chi connectivity index (χ4n) is 1.86. The Bertz CT molecular complexity index is 619. The summed E-state index contributed by atoms with van der Waals surface area (Å²) in [5, 5.41) is 4.12. The first-order valence-corrected chi connectivity index (χ1v) is 7.13. The molecule has 1 aromatic heterocycles. The van der Waals surface area contributed by atoms with Gasteiger partial charge < -0.3 is 9.47 Å². The summed E-state index contributed by atoms with van der Waals surface area (Å²) in [6.45, 7) is 5.35. The molecule has 2 rings (SSSR count). The Balaban J connectivity index is 1.97. The summed E-state index contributed by atoms with van der Waals surface area (Å²) in [6.07, 6.45) is 0.966. The van der Waals surface area contributed by atoms with Gasteiger partial charge in [0.25, 0.3) is 0 Å². The van der Waals surface area contributed by atoms with Crippen molar-refractivity contribution in [2.45, 2.75) is 32.8 Å². The number of hydrazone groups is 1. The van der Waals surface area contributed by atoms with Crippen LogP contribution in [0.2, 0.25) is 0 Å². The Morgan fingerprint density at radius 1 is 1.39 bits per heavy atom. The zero-order valence-electron chi connectivity index (χ0n) is 13.6. The second kappa shape index (κ2) is 6.64. The predicted molar refractivity (Wildman–Crippen MR) is 84.4 cm³/mol. The number of hydrogen-bond acceptors (Lipinski definition) is 7. The van der Waals surface area contributed by atoms with Gasteiger partial charge in [-0.05, 0) is 32.9 Å². The summed E-state index contributed by atoms with van der Waals surface area (Å²) in [6, 6.07) is 3.44. The summed E-state index contributed by atoms with van der Waals surface area (Å²) < 4.78 is 10.2. The fraction of sp³-hybridized carbons (Fsp3) is 0.467. The minimum atomic E-state index is -0.657. The summed E-state index contributed by atoms with van der Waals surface area (Å²) in [7, 11) is 1.56. The highest BCUT2D eigenvalue weighted by Crippen LogP contribution is 2.16. The number of rotatable bonds is 3. The third kappa shape index (κ3) is 4.67. The number of likely N-dealkylation sites (tertiary alicyclic amines) is 1. The molecule has 2 heterocycles. The summed E-state index contributed by atoms with van der Waals surface area (Å²) >= 11 is 0. The maximum Gasteiger partial charge on any atom is 0.417 e. The topological polar surface area (TPSA) is 93.1 Å². The molecule has 0 bridgehead atoms. The second-order valence-corrected chi connectivity index (χ2v) is 6.01. The number of hydrogen-bond donors (Lipinski definition) is 1. The number of aromatic nitrogens is 1. The lowest BCUT2D eigenvalue weighted by Crippen LogP contribution is -2.37. The number of imide groups is 1. The van der Waals surface area contributed by atoms with Crippen LogP contribution < -0.4 is 10.2 Å². The lowest BCUT2D eigenvalue weighted by Gasteiger charge is -2.22. The van der Waals surface area contributed by atoms with Crippen LogP contribution in [0.3, 0.4) is 0 Å². The Hall–Kier alpha value is -2.64. The minimum Gasteiger partial charge on any atom is -0.495 e. The molecule has 0 spiro atoms. The van der Waals surface area contributed by atoms with E-state index < -0.39 is 11.7 Å². The Labute approximate surface area is 134 Å². The number of carbonyl (C=O) groups is 2. The van der Waals surface area contributed by atoms with Gasteiger partial charge in [0.2, 0.25) is 5.91 Å². The van der Waals surface area contributed by atoms with E-state index in [1.807, 2.05) is 0 Å². The van der Waals surface area contributed by atoms with Crippen LogP contribution in [0.15, 0.2) is 23.4 Å². The highest BCUT2D eigenvalue weighted by atomic mass is 16.6. The van der Waals surface area contributed by atoms with Crippen molar-refractivity contribution in [1.82, 2.24) is 9.88 Å². The lowest BCUT2D eigenvalue weighted by atomic mass is 10.2. The molecule has 124 valence electrons. The molecule has 0 atom stereocenters. The quantitative estimate of drug-likeness (QED) is 0.857. The van der Waals surface area contributed by atoms with Gasteiger partial charge in [-0.3, -0.25) is 10.2 Å². The van der Waals surface area contributed by atoms with Crippen LogP contribution in [-0.2, 0) is 9.53 Å². The predicted octanol–water partition coefficient (Wildman–Crippen LogP) is 2.03. The van der Waals surface area contributed by atoms with Crippen molar-refractivity contribution >= 4 is 23.5 Å². The van der Waals surface area contributed by atoms with Crippen molar-refractivity contribution < 1.29 is 19.1 Å². The summed E-state index contributed by atoms with van der Waals surface area (Å²) in [4.78, 5) is 29.0. The van der Waals surface area contributed by atoms with E-state index in [1.54, 1.807) is 46.2 Å². The SMILES string of the molecule is COc1ccc(N/N=C2\CC(=O)N(C(=O)OC(C)(C)C)C2)nc1. The Morgan fingerprint density at radius 3 is 2.70 bits per heavy atom. The van der Waals surface area contributed by atoms with E-state index in [4.69, 9.17) is 9.47 Å². The van der Waals surface area contributed by atoms with E-state index in [0.29, 0.717) is 17.3 Å². The van der Waals surface area contributed by atoms with Gasteiger partial charge >= 0.3 is 6.09 Å². The van der Waals surface area contributed by atoms with E-state index >= 15 is 0 Å². The first-order chi connectivity index (χ1) is 10.8. The Kier molecular flexibility index (Phi) is 4.83. The van der Waals surface area contributed by atoms with Crippen LogP contribution in [0.25, 0.3) is 0 Å². The number of nitrogens with one attached hydrogen (secondary N) is 1. The van der Waals surface area contributed by atoms with Gasteiger partial charge in [-0.25, -0.2) is 14.7 Å². The van der Waals surface area contributed by atoms with Crippen LogP contribution in [0.4, 0.5) is 10.6 Å². The number of methoxy groups -OCH3 is 1. The molecule has 0 aromatic carbocycles. The largest absolute Gasteiger partial charge is 0.495 e. The molecule has 1 saturated heterocycles. The highest BCUT2D eigenvalue weighted by Gasteiger charge is 2.34. The van der Waals surface area contributed by atoms with E-state index in [9.17, 15) is 9.59 Å². The van der Waals surface area contributed by atoms with Crippen molar-refractivity contribution in [2.24, 2.45) is 5.10 Å². The molecule has 0 aliphatic carbocycles. The van der Waals surface area contributed by atoms with E-state index in [-0.39, 0.29) is 18.9 Å². The third-order valence-corrected chi connectivity index (χ3v) is 2.91. The van der Waals surface area contributed by atoms with Crippen LogP contribution >= 0.6 is 0 Å². The highest BCUT2D eigenvalue weighted by molar-refractivity contribution is 6.13. The van der Waals surface area contributed by atoms with Gasteiger partial charge in [0.15, 0.2) is 0 Å². The Morgan fingerprint density at radius 2 is 2.13 bits per heavy atom. The first kappa shape index (κ1) is 16.7. The van der Waals surface area contributed by atoms with Crippen molar-refractivity contribution in [3.63, 3.8) is 0 Å². The molecule has 0 saturated carbocycles. The average Bonchev–Trinajstić information content (AvgIpc) is 2.85. The van der Waals surface area contributed by atoms with E-state index in [2.05, 4.69) is 15.5 Å². The van der Waals surface area contributed by atoms with Gasteiger partial charge in [0.05, 0.1) is 32.0 Å². The summed E-state index contributed by atoms with van der Waals surface area (Å²) in [5.41, 5.74) is 2.65. The summed E-state index contributed by atoms with van der Waals surface area (Å²) in [5.74, 6) is 0.819. The molecule has 1 aliphatic rings. The molecule has 1 aromatic rings. The smallest absolute Gasteiger partial charge is 0.417 e. The van der Waals surface area contributed by atoms with Gasteiger partial charge in [-0.1, -0.05) is 0 Å². The van der Waals surface area contributed by atoms with E-state index in [0.717, 1.165) is 4.90 Å². The zero-order chi connectivity index (χ0) is 17.0. The molecule has 8 nitrogen and oxygen atoms in total. The number of pyridine rings is 1. The van der Waals surface area contributed by atoms with Crippen LogP contribution in [0.1, 0.15) is 27.2 Å². The van der Waals surface area contributed by atoms with Gasteiger partial charge in [-0.15, -0.1) is 0 Å². The molecular formula is C15H20N4O4. The molecule has 8 heteroatoms. The van der Waals surface area contributed by atoms with Crippen molar-refractivity contribution in [3.05, 3.63) is 18.3 Å². The number of anilines is 1. The number of amides is 2. The monoisotopic (exact) mass is 320 g/mol. The molecule has 1 aliphatic heterocycles. The molecule has 1 N–H and O–H groups in total. The fourth-order valence-corrected chi connectivity index (χ4v) is 1.86. The number of ether oxygens (including phenoxy) is 2. The van der Waals surface area contributed by atoms with Gasteiger partial charge in [-0.2, -0.15) is 5.10 Å². The van der Waals surface area contributed by atoms with Gasteiger partial charge in [0.1, 0.15) is 17.2 Å². The number of carbonyl (C=O) groups excluding carboxylic acids is 2.